The average Bonchev–Trinajstić information content (AvgIpc) is 2.99. The monoisotopic (exact) mass is 429 g/mol. The first kappa shape index (κ1) is 18.4. The van der Waals surface area contributed by atoms with Crippen LogP contribution in [0, 0.1) is 6.92 Å². The van der Waals surface area contributed by atoms with Gasteiger partial charge in [0, 0.05) is 34.9 Å². The van der Waals surface area contributed by atoms with E-state index in [2.05, 4.69) is 31.0 Å². The van der Waals surface area contributed by atoms with Crippen molar-refractivity contribution < 1.29 is 18.3 Å². The van der Waals surface area contributed by atoms with Gasteiger partial charge in [0.05, 0.1) is 0 Å². The highest BCUT2D eigenvalue weighted by Gasteiger charge is 2.37. The number of hydrogen-bond donors (Lipinski definition) is 1. The zero-order chi connectivity index (χ0) is 19.1. The van der Waals surface area contributed by atoms with E-state index in [0.717, 1.165) is 8.99 Å². The standard InChI is InChI=1S/C16H15BrF3N5O/c1-3-24(8-10-7-11(17)4-5-12(10)26)13-6-9(2)21-15-22-14(16(18,19)20)23-25(13)15/h4-7,26H,3,8H2,1-2H3. The molecule has 0 aliphatic carbocycles. The van der Waals surface area contributed by atoms with E-state index in [1.807, 2.05) is 6.92 Å². The average molecular weight is 430 g/mol. The van der Waals surface area contributed by atoms with Crippen molar-refractivity contribution in [2.24, 2.45) is 0 Å². The molecule has 138 valence electrons. The fourth-order valence-electron chi connectivity index (χ4n) is 2.55. The minimum Gasteiger partial charge on any atom is -0.508 e. The van der Waals surface area contributed by atoms with E-state index < -0.39 is 12.0 Å². The van der Waals surface area contributed by atoms with E-state index in [9.17, 15) is 18.3 Å². The van der Waals surface area contributed by atoms with E-state index in [4.69, 9.17) is 0 Å². The lowest BCUT2D eigenvalue weighted by molar-refractivity contribution is -0.144. The number of aromatic nitrogens is 4. The number of phenols is 1. The van der Waals surface area contributed by atoms with Gasteiger partial charge in [0.2, 0.25) is 0 Å². The molecular formula is C16H15BrF3N5O. The van der Waals surface area contributed by atoms with Crippen molar-refractivity contribution in [3.63, 3.8) is 0 Å². The lowest BCUT2D eigenvalue weighted by Gasteiger charge is -2.24. The van der Waals surface area contributed by atoms with Crippen LogP contribution in [0.3, 0.4) is 0 Å². The van der Waals surface area contributed by atoms with Gasteiger partial charge < -0.3 is 10.0 Å². The highest BCUT2D eigenvalue weighted by Crippen LogP contribution is 2.29. The molecule has 0 amide bonds. The minimum absolute atomic E-state index is 0.100. The largest absolute Gasteiger partial charge is 0.508 e. The summed E-state index contributed by atoms with van der Waals surface area (Å²) >= 11 is 3.35. The molecule has 0 fully saturated rings. The summed E-state index contributed by atoms with van der Waals surface area (Å²) in [5.74, 6) is -0.844. The van der Waals surface area contributed by atoms with Gasteiger partial charge >= 0.3 is 6.18 Å². The number of hydrogen-bond acceptors (Lipinski definition) is 5. The van der Waals surface area contributed by atoms with Crippen LogP contribution in [-0.4, -0.2) is 31.2 Å². The first-order valence-corrected chi connectivity index (χ1v) is 8.52. The van der Waals surface area contributed by atoms with Crippen molar-refractivity contribution >= 4 is 27.5 Å². The quantitative estimate of drug-likeness (QED) is 0.679. The van der Waals surface area contributed by atoms with Crippen LogP contribution >= 0.6 is 15.9 Å². The number of anilines is 1. The molecule has 0 aliphatic heterocycles. The van der Waals surface area contributed by atoms with Gasteiger partial charge in [0.25, 0.3) is 11.6 Å². The Hall–Kier alpha value is -2.36. The molecule has 6 nitrogen and oxygen atoms in total. The van der Waals surface area contributed by atoms with Gasteiger partial charge in [-0.15, -0.1) is 5.10 Å². The van der Waals surface area contributed by atoms with Crippen LogP contribution in [0.2, 0.25) is 0 Å². The van der Waals surface area contributed by atoms with E-state index in [1.165, 1.54) is 0 Å². The first-order valence-electron chi connectivity index (χ1n) is 7.73. The first-order chi connectivity index (χ1) is 12.2. The summed E-state index contributed by atoms with van der Waals surface area (Å²) in [7, 11) is 0. The summed E-state index contributed by atoms with van der Waals surface area (Å²) in [4.78, 5) is 9.31. The molecule has 1 N–H and O–H groups in total. The Kier molecular flexibility index (Phi) is 4.78. The number of rotatable bonds is 4. The Morgan fingerprint density at radius 3 is 2.62 bits per heavy atom. The highest BCUT2D eigenvalue weighted by atomic mass is 79.9. The molecule has 0 spiro atoms. The second-order valence-corrected chi connectivity index (χ2v) is 6.60. The smallest absolute Gasteiger partial charge is 0.453 e. The molecule has 2 heterocycles. The van der Waals surface area contributed by atoms with Crippen LogP contribution in [0.5, 0.6) is 5.75 Å². The molecular weight excluding hydrogens is 415 g/mol. The van der Waals surface area contributed by atoms with Crippen LogP contribution in [0.4, 0.5) is 19.0 Å². The third kappa shape index (κ3) is 3.59. The summed E-state index contributed by atoms with van der Waals surface area (Å²) in [6.45, 7) is 4.29. The number of alkyl halides is 3. The van der Waals surface area contributed by atoms with Gasteiger partial charge in [-0.25, -0.2) is 4.98 Å². The van der Waals surface area contributed by atoms with Crippen LogP contribution in [0.1, 0.15) is 24.0 Å². The van der Waals surface area contributed by atoms with Gasteiger partial charge in [-0.05, 0) is 32.0 Å². The van der Waals surface area contributed by atoms with Gasteiger partial charge in [0.15, 0.2) is 0 Å². The Labute approximate surface area is 155 Å². The number of aryl methyl sites for hydroxylation is 1. The van der Waals surface area contributed by atoms with Crippen molar-refractivity contribution in [3.8, 4) is 5.75 Å². The number of nitrogens with zero attached hydrogens (tertiary/aromatic N) is 5. The van der Waals surface area contributed by atoms with Crippen molar-refractivity contribution in [1.29, 1.82) is 0 Å². The van der Waals surface area contributed by atoms with Gasteiger partial charge in [-0.2, -0.15) is 22.7 Å². The third-order valence-electron chi connectivity index (χ3n) is 3.78. The second-order valence-electron chi connectivity index (χ2n) is 5.69. The maximum absolute atomic E-state index is 13.0. The molecule has 1 aromatic carbocycles. The lowest BCUT2D eigenvalue weighted by atomic mass is 10.2. The predicted molar refractivity (Wildman–Crippen MR) is 93.1 cm³/mol. The summed E-state index contributed by atoms with van der Waals surface area (Å²) in [5.41, 5.74) is 1.14. The number of benzene rings is 1. The van der Waals surface area contributed by atoms with Crippen molar-refractivity contribution in [3.05, 3.63) is 45.8 Å². The third-order valence-corrected chi connectivity index (χ3v) is 4.28. The highest BCUT2D eigenvalue weighted by molar-refractivity contribution is 9.10. The molecule has 0 unspecified atom stereocenters. The van der Waals surface area contributed by atoms with Gasteiger partial charge in [-0.1, -0.05) is 15.9 Å². The molecule has 0 saturated carbocycles. The van der Waals surface area contributed by atoms with Crippen LogP contribution in [0.25, 0.3) is 5.78 Å². The molecule has 3 rings (SSSR count). The van der Waals surface area contributed by atoms with E-state index in [0.29, 0.717) is 23.6 Å². The summed E-state index contributed by atoms with van der Waals surface area (Å²) in [6.07, 6.45) is -4.65. The maximum Gasteiger partial charge on any atom is 0.453 e. The van der Waals surface area contributed by atoms with E-state index in [1.54, 1.807) is 36.1 Å². The SMILES string of the molecule is CCN(Cc1cc(Br)ccc1O)c1cc(C)nc2nc(C(F)(F)F)nn12. The van der Waals surface area contributed by atoms with Gasteiger partial charge in [-0.3, -0.25) is 0 Å². The van der Waals surface area contributed by atoms with Crippen LogP contribution in [-0.2, 0) is 12.7 Å². The molecule has 0 radical (unpaired) electrons. The Morgan fingerprint density at radius 1 is 1.23 bits per heavy atom. The zero-order valence-corrected chi connectivity index (χ0v) is 15.5. The lowest BCUT2D eigenvalue weighted by Crippen LogP contribution is -2.25. The molecule has 26 heavy (non-hydrogen) atoms. The zero-order valence-electron chi connectivity index (χ0n) is 13.9. The molecule has 0 atom stereocenters. The molecule has 2 aromatic heterocycles. The Morgan fingerprint density at radius 2 is 1.96 bits per heavy atom. The normalized spacial score (nSPS) is 11.9. The summed E-state index contributed by atoms with van der Waals surface area (Å²) in [6, 6.07) is 6.65. The number of aromatic hydroxyl groups is 1. The van der Waals surface area contributed by atoms with E-state index >= 15 is 0 Å². The van der Waals surface area contributed by atoms with Gasteiger partial charge in [0.1, 0.15) is 11.6 Å². The van der Waals surface area contributed by atoms with Crippen molar-refractivity contribution in [1.82, 2.24) is 19.6 Å². The summed E-state index contributed by atoms with van der Waals surface area (Å²) in [5, 5.41) is 13.6. The minimum atomic E-state index is -4.65. The number of fused-ring (bicyclic) bond motifs is 1. The molecule has 10 heteroatoms. The Balaban J connectivity index is 2.09. The van der Waals surface area contributed by atoms with Crippen molar-refractivity contribution in [2.45, 2.75) is 26.6 Å². The topological polar surface area (TPSA) is 66.5 Å². The predicted octanol–water partition coefficient (Wildman–Crippen LogP) is 3.95. The van der Waals surface area contributed by atoms with Crippen LogP contribution < -0.4 is 4.90 Å². The molecule has 0 bridgehead atoms. The van der Waals surface area contributed by atoms with E-state index in [-0.39, 0.29) is 18.1 Å². The fraction of sp³-hybridized carbons (Fsp3) is 0.312. The number of phenolic OH excluding ortho intramolecular Hbond substituents is 1. The maximum atomic E-state index is 13.0. The molecule has 0 aliphatic rings. The van der Waals surface area contributed by atoms with Crippen molar-refractivity contribution in [2.75, 3.05) is 11.4 Å². The number of halogens is 4. The molecule has 0 saturated heterocycles. The second kappa shape index (κ2) is 6.75. The summed E-state index contributed by atoms with van der Waals surface area (Å²) < 4.78 is 40.8. The Bertz CT molecular complexity index is 957. The van der Waals surface area contributed by atoms with Crippen LogP contribution in [0.15, 0.2) is 28.7 Å². The fourth-order valence-corrected chi connectivity index (χ4v) is 2.96. The molecule has 3 aromatic rings.